The van der Waals surface area contributed by atoms with E-state index in [1.807, 2.05) is 49.5 Å². The molecule has 3 rings (SSSR count). The Bertz CT molecular complexity index is 820. The average molecular weight is 353 g/mol. The highest BCUT2D eigenvalue weighted by molar-refractivity contribution is 7.18. The topological polar surface area (TPSA) is 36.4 Å². The van der Waals surface area contributed by atoms with Crippen molar-refractivity contribution in [3.05, 3.63) is 59.1 Å². The molecule has 0 radical (unpaired) electrons. The van der Waals surface area contributed by atoms with Crippen LogP contribution in [0.4, 0.5) is 5.69 Å². The third kappa shape index (κ3) is 3.82. The van der Waals surface area contributed by atoms with E-state index >= 15 is 0 Å². The highest BCUT2D eigenvalue weighted by Crippen LogP contribution is 2.23. The van der Waals surface area contributed by atoms with Crippen LogP contribution in [-0.4, -0.2) is 35.9 Å². The number of benzene rings is 2. The lowest BCUT2D eigenvalue weighted by Crippen LogP contribution is -2.26. The molecule has 0 aliphatic carbocycles. The Morgan fingerprint density at radius 1 is 1.04 bits per heavy atom. The maximum atomic E-state index is 12.7. The first kappa shape index (κ1) is 17.4. The predicted octanol–water partition coefficient (Wildman–Crippen LogP) is 4.41. The molecule has 0 saturated carbocycles. The molecule has 0 aliphatic rings. The lowest BCUT2D eigenvalue weighted by atomic mass is 10.1. The maximum absolute atomic E-state index is 12.7. The third-order valence-electron chi connectivity index (χ3n) is 4.30. The molecular weight excluding hydrogens is 330 g/mol. The maximum Gasteiger partial charge on any atom is 0.253 e. The first-order valence-corrected chi connectivity index (χ1v) is 9.39. The Morgan fingerprint density at radius 2 is 1.72 bits per heavy atom. The quantitative estimate of drug-likeness (QED) is 0.658. The van der Waals surface area contributed by atoms with Crippen LogP contribution < -0.4 is 4.90 Å². The molecule has 1 aromatic heterocycles. The van der Waals surface area contributed by atoms with E-state index in [1.165, 1.54) is 0 Å². The number of amides is 1. The summed E-state index contributed by atoms with van der Waals surface area (Å²) >= 11 is 1.64. The van der Waals surface area contributed by atoms with Crippen molar-refractivity contribution < 1.29 is 4.79 Å². The molecule has 0 bridgehead atoms. The van der Waals surface area contributed by atoms with Gasteiger partial charge in [0.15, 0.2) is 0 Å². The van der Waals surface area contributed by atoms with Gasteiger partial charge in [-0.1, -0.05) is 12.1 Å². The van der Waals surface area contributed by atoms with Crippen LogP contribution in [0.15, 0.2) is 48.5 Å². The SMILES string of the molecule is CCN(CC)c1ccc(C(=O)N(C)Cc2nc3ccccc3s2)cc1. The lowest BCUT2D eigenvalue weighted by Gasteiger charge is -2.21. The number of aromatic nitrogens is 1. The van der Waals surface area contributed by atoms with Crippen molar-refractivity contribution in [3.63, 3.8) is 0 Å². The molecule has 1 amide bonds. The van der Waals surface area contributed by atoms with Crippen molar-refractivity contribution in [2.24, 2.45) is 0 Å². The Hall–Kier alpha value is -2.40. The fourth-order valence-electron chi connectivity index (χ4n) is 2.89. The molecule has 25 heavy (non-hydrogen) atoms. The molecule has 1 heterocycles. The molecule has 2 aromatic carbocycles. The van der Waals surface area contributed by atoms with E-state index in [4.69, 9.17) is 0 Å². The first-order valence-electron chi connectivity index (χ1n) is 8.57. The second kappa shape index (κ2) is 7.66. The molecule has 0 fully saturated rings. The van der Waals surface area contributed by atoms with Crippen molar-refractivity contribution in [2.75, 3.05) is 25.0 Å². The van der Waals surface area contributed by atoms with Gasteiger partial charge in [0.05, 0.1) is 16.8 Å². The molecule has 130 valence electrons. The molecule has 5 heteroatoms. The lowest BCUT2D eigenvalue weighted by molar-refractivity contribution is 0.0785. The number of carbonyl (C=O) groups excluding carboxylic acids is 1. The van der Waals surface area contributed by atoms with Crippen LogP contribution in [0.5, 0.6) is 0 Å². The Labute approximate surface area is 152 Å². The highest BCUT2D eigenvalue weighted by Gasteiger charge is 2.14. The van der Waals surface area contributed by atoms with Crippen molar-refractivity contribution in [2.45, 2.75) is 20.4 Å². The number of nitrogens with zero attached hydrogens (tertiary/aromatic N) is 3. The van der Waals surface area contributed by atoms with Gasteiger partial charge < -0.3 is 9.80 Å². The summed E-state index contributed by atoms with van der Waals surface area (Å²) in [7, 11) is 1.83. The molecule has 0 saturated heterocycles. The monoisotopic (exact) mass is 353 g/mol. The van der Waals surface area contributed by atoms with Gasteiger partial charge in [-0.05, 0) is 50.2 Å². The first-order chi connectivity index (χ1) is 12.1. The number of carbonyl (C=O) groups is 1. The number of hydrogen-bond donors (Lipinski definition) is 0. The summed E-state index contributed by atoms with van der Waals surface area (Å²) in [5.74, 6) is 0.0188. The van der Waals surface area contributed by atoms with Crippen molar-refractivity contribution >= 4 is 33.1 Å². The molecular formula is C20H23N3OS. The highest BCUT2D eigenvalue weighted by atomic mass is 32.1. The molecule has 0 aliphatic heterocycles. The summed E-state index contributed by atoms with van der Waals surface area (Å²) in [6, 6.07) is 15.9. The molecule has 0 atom stereocenters. The summed E-state index contributed by atoms with van der Waals surface area (Å²) in [6.45, 7) is 6.71. The third-order valence-corrected chi connectivity index (χ3v) is 5.32. The van der Waals surface area contributed by atoms with Gasteiger partial charge in [0.1, 0.15) is 5.01 Å². The number of anilines is 1. The zero-order chi connectivity index (χ0) is 17.8. The van der Waals surface area contributed by atoms with Gasteiger partial charge >= 0.3 is 0 Å². The van der Waals surface area contributed by atoms with Crippen LogP contribution in [0.25, 0.3) is 10.2 Å². The predicted molar refractivity (Wildman–Crippen MR) is 105 cm³/mol. The number of para-hydroxylation sites is 1. The van der Waals surface area contributed by atoms with Crippen LogP contribution >= 0.6 is 11.3 Å². The standard InChI is InChI=1S/C20H23N3OS/c1-4-23(5-2)16-12-10-15(11-13-16)20(24)22(3)14-19-21-17-8-6-7-9-18(17)25-19/h6-13H,4-5,14H2,1-3H3. The van der Waals surface area contributed by atoms with E-state index in [1.54, 1.807) is 16.2 Å². The fraction of sp³-hybridized carbons (Fsp3) is 0.300. The minimum Gasteiger partial charge on any atom is -0.372 e. The molecule has 3 aromatic rings. The number of hydrogen-bond acceptors (Lipinski definition) is 4. The summed E-state index contributed by atoms with van der Waals surface area (Å²) < 4.78 is 1.15. The van der Waals surface area contributed by atoms with Crippen molar-refractivity contribution in [3.8, 4) is 0 Å². The smallest absolute Gasteiger partial charge is 0.253 e. The van der Waals surface area contributed by atoms with Gasteiger partial charge in [0.2, 0.25) is 0 Å². The molecule has 4 nitrogen and oxygen atoms in total. The number of rotatable bonds is 6. The van der Waals surface area contributed by atoms with Gasteiger partial charge in [-0.15, -0.1) is 11.3 Å². The number of fused-ring (bicyclic) bond motifs is 1. The second-order valence-corrected chi connectivity index (χ2v) is 7.07. The Morgan fingerprint density at radius 3 is 2.36 bits per heavy atom. The molecule has 0 N–H and O–H groups in total. The summed E-state index contributed by atoms with van der Waals surface area (Å²) in [6.07, 6.45) is 0. The van der Waals surface area contributed by atoms with Gasteiger partial charge in [-0.25, -0.2) is 4.98 Å². The zero-order valence-electron chi connectivity index (χ0n) is 14.9. The van der Waals surface area contributed by atoms with Crippen LogP contribution in [0.1, 0.15) is 29.2 Å². The van der Waals surface area contributed by atoms with Gasteiger partial charge in [0, 0.05) is 31.4 Å². The normalized spacial score (nSPS) is 10.8. The Kier molecular flexibility index (Phi) is 5.34. The van der Waals surface area contributed by atoms with Crippen molar-refractivity contribution in [1.82, 2.24) is 9.88 Å². The largest absolute Gasteiger partial charge is 0.372 e. The fourth-order valence-corrected chi connectivity index (χ4v) is 3.91. The van der Waals surface area contributed by atoms with E-state index in [0.717, 1.165) is 34.0 Å². The minimum absolute atomic E-state index is 0.0188. The van der Waals surface area contributed by atoms with Crippen LogP contribution in [0.2, 0.25) is 0 Å². The molecule has 0 unspecified atom stereocenters. The van der Waals surface area contributed by atoms with E-state index in [-0.39, 0.29) is 5.91 Å². The Balaban J connectivity index is 1.71. The van der Waals surface area contributed by atoms with Crippen molar-refractivity contribution in [1.29, 1.82) is 0 Å². The summed E-state index contributed by atoms with van der Waals surface area (Å²) in [4.78, 5) is 21.3. The summed E-state index contributed by atoms with van der Waals surface area (Å²) in [5.41, 5.74) is 2.85. The van der Waals surface area contributed by atoms with Crippen LogP contribution in [0, 0.1) is 0 Å². The van der Waals surface area contributed by atoms with Gasteiger partial charge in [-0.2, -0.15) is 0 Å². The second-order valence-electron chi connectivity index (χ2n) is 5.96. The zero-order valence-corrected chi connectivity index (χ0v) is 15.7. The van der Waals surface area contributed by atoms with E-state index in [0.29, 0.717) is 12.1 Å². The van der Waals surface area contributed by atoms with Crippen LogP contribution in [0.3, 0.4) is 0 Å². The van der Waals surface area contributed by atoms with Gasteiger partial charge in [-0.3, -0.25) is 4.79 Å². The summed E-state index contributed by atoms with van der Waals surface area (Å²) in [5, 5.41) is 0.955. The van der Waals surface area contributed by atoms with E-state index in [2.05, 4.69) is 29.8 Å². The van der Waals surface area contributed by atoms with E-state index < -0.39 is 0 Å². The van der Waals surface area contributed by atoms with Gasteiger partial charge in [0.25, 0.3) is 5.91 Å². The minimum atomic E-state index is 0.0188. The number of thiazole rings is 1. The van der Waals surface area contributed by atoms with Crippen LogP contribution in [-0.2, 0) is 6.54 Å². The average Bonchev–Trinajstić information content (AvgIpc) is 3.05. The van der Waals surface area contributed by atoms with E-state index in [9.17, 15) is 4.79 Å². The molecule has 0 spiro atoms.